The number of hydrogen-bond donors (Lipinski definition) is 1. The summed E-state index contributed by atoms with van der Waals surface area (Å²) >= 11 is 0. The maximum absolute atomic E-state index is 11.8. The molecule has 0 spiro atoms. The molecule has 1 aromatic rings. The molecule has 0 bridgehead atoms. The Morgan fingerprint density at radius 3 is 2.45 bits per heavy atom. The van der Waals surface area contributed by atoms with Crippen molar-refractivity contribution in [2.75, 3.05) is 0 Å². The second kappa shape index (κ2) is 2.56. The van der Waals surface area contributed by atoms with E-state index in [1.807, 2.05) is 0 Å². The highest BCUT2D eigenvalue weighted by Gasteiger charge is 2.33. The fourth-order valence-corrected chi connectivity index (χ4v) is 0.630. The van der Waals surface area contributed by atoms with Gasteiger partial charge in [-0.25, -0.2) is 0 Å². The smallest absolute Gasteiger partial charge is 0.282 e. The molecule has 2 nitrogen and oxygen atoms in total. The zero-order chi connectivity index (χ0) is 8.48. The van der Waals surface area contributed by atoms with Gasteiger partial charge in [0.25, 0.3) is 0 Å². The quantitative estimate of drug-likeness (QED) is 0.673. The SMILES string of the molecule is C[CH]c1cc(C(F)(F)F)n[nH]1. The van der Waals surface area contributed by atoms with Crippen LogP contribution in [0.25, 0.3) is 0 Å². The van der Waals surface area contributed by atoms with Crippen LogP contribution in [0.4, 0.5) is 13.2 Å². The number of nitrogens with zero attached hydrogens (tertiary/aromatic N) is 1. The van der Waals surface area contributed by atoms with E-state index in [4.69, 9.17) is 0 Å². The molecule has 1 aromatic heterocycles. The molecule has 1 N–H and O–H groups in total. The van der Waals surface area contributed by atoms with Crippen molar-refractivity contribution in [2.45, 2.75) is 13.1 Å². The number of aromatic amines is 1. The molecule has 0 aliphatic heterocycles. The molecular weight excluding hydrogens is 157 g/mol. The van der Waals surface area contributed by atoms with Crippen molar-refractivity contribution in [1.82, 2.24) is 10.2 Å². The number of alkyl halides is 3. The van der Waals surface area contributed by atoms with Gasteiger partial charge >= 0.3 is 6.18 Å². The molecule has 0 atom stereocenters. The van der Waals surface area contributed by atoms with E-state index >= 15 is 0 Å². The average molecular weight is 163 g/mol. The summed E-state index contributed by atoms with van der Waals surface area (Å²) in [4.78, 5) is 0. The maximum Gasteiger partial charge on any atom is 0.435 e. The van der Waals surface area contributed by atoms with E-state index in [1.165, 1.54) is 6.42 Å². The van der Waals surface area contributed by atoms with E-state index < -0.39 is 11.9 Å². The molecule has 11 heavy (non-hydrogen) atoms. The number of H-pyrrole nitrogens is 1. The molecule has 5 heteroatoms. The Kier molecular flexibility index (Phi) is 1.89. The molecule has 0 fully saturated rings. The third kappa shape index (κ3) is 1.72. The van der Waals surface area contributed by atoms with E-state index in [9.17, 15) is 13.2 Å². The zero-order valence-corrected chi connectivity index (χ0v) is 5.74. The zero-order valence-electron chi connectivity index (χ0n) is 5.74. The van der Waals surface area contributed by atoms with Gasteiger partial charge in [-0.1, -0.05) is 6.92 Å². The van der Waals surface area contributed by atoms with Crippen LogP contribution in [0.15, 0.2) is 6.07 Å². The molecule has 1 rings (SSSR count). The lowest BCUT2D eigenvalue weighted by Gasteiger charge is -1.98. The predicted molar refractivity (Wildman–Crippen MR) is 32.7 cm³/mol. The number of halogens is 3. The largest absolute Gasteiger partial charge is 0.435 e. The molecule has 0 saturated heterocycles. The van der Waals surface area contributed by atoms with Gasteiger partial charge in [-0.15, -0.1) is 0 Å². The number of rotatable bonds is 1. The second-order valence-electron chi connectivity index (χ2n) is 1.99. The van der Waals surface area contributed by atoms with Crippen LogP contribution in [0.2, 0.25) is 0 Å². The summed E-state index contributed by atoms with van der Waals surface area (Å²) < 4.78 is 35.5. The van der Waals surface area contributed by atoms with Gasteiger partial charge in [0.1, 0.15) is 0 Å². The molecular formula is C6H6F3N2. The van der Waals surface area contributed by atoms with Gasteiger partial charge in [-0.3, -0.25) is 5.10 Å². The van der Waals surface area contributed by atoms with Crippen LogP contribution in [-0.4, -0.2) is 10.2 Å². The highest BCUT2D eigenvalue weighted by atomic mass is 19.4. The fourth-order valence-electron chi connectivity index (χ4n) is 0.630. The summed E-state index contributed by atoms with van der Waals surface area (Å²) in [6.07, 6.45) is -2.83. The molecule has 0 saturated carbocycles. The first-order valence-electron chi connectivity index (χ1n) is 2.96. The molecule has 0 aliphatic rings. The Morgan fingerprint density at radius 2 is 2.18 bits per heavy atom. The van der Waals surface area contributed by atoms with E-state index in [0.717, 1.165) is 6.07 Å². The van der Waals surface area contributed by atoms with Crippen molar-refractivity contribution in [3.63, 3.8) is 0 Å². The Bertz CT molecular complexity index is 238. The van der Waals surface area contributed by atoms with Gasteiger partial charge < -0.3 is 0 Å². The first kappa shape index (κ1) is 8.10. The van der Waals surface area contributed by atoms with Gasteiger partial charge in [-0.2, -0.15) is 18.3 Å². The van der Waals surface area contributed by atoms with E-state index in [-0.39, 0.29) is 0 Å². The van der Waals surface area contributed by atoms with E-state index in [1.54, 1.807) is 6.92 Å². The highest BCUT2D eigenvalue weighted by molar-refractivity contribution is 5.16. The van der Waals surface area contributed by atoms with E-state index in [0.29, 0.717) is 5.69 Å². The molecule has 0 unspecified atom stereocenters. The highest BCUT2D eigenvalue weighted by Crippen LogP contribution is 2.27. The number of hydrogen-bond acceptors (Lipinski definition) is 1. The minimum Gasteiger partial charge on any atom is -0.282 e. The summed E-state index contributed by atoms with van der Waals surface area (Å²) in [5, 5.41) is 5.31. The van der Waals surface area contributed by atoms with Crippen molar-refractivity contribution < 1.29 is 13.2 Å². The van der Waals surface area contributed by atoms with Gasteiger partial charge in [-0.05, 0) is 6.07 Å². The lowest BCUT2D eigenvalue weighted by molar-refractivity contribution is -0.141. The Labute approximate surface area is 61.4 Å². The first-order chi connectivity index (χ1) is 5.04. The minimum absolute atomic E-state index is 0.373. The van der Waals surface area contributed by atoms with Crippen molar-refractivity contribution in [3.8, 4) is 0 Å². The topological polar surface area (TPSA) is 28.7 Å². The van der Waals surface area contributed by atoms with Gasteiger partial charge in [0.15, 0.2) is 5.69 Å². The summed E-state index contributed by atoms with van der Waals surface area (Å²) in [5.74, 6) is 0. The Morgan fingerprint density at radius 1 is 1.55 bits per heavy atom. The Balaban J connectivity index is 2.89. The summed E-state index contributed by atoms with van der Waals surface area (Å²) in [6.45, 7) is 1.63. The van der Waals surface area contributed by atoms with Crippen LogP contribution in [-0.2, 0) is 6.18 Å². The lowest BCUT2D eigenvalue weighted by atomic mass is 10.3. The molecule has 0 aliphatic carbocycles. The fraction of sp³-hybridized carbons (Fsp3) is 0.333. The molecule has 0 amide bonds. The third-order valence-electron chi connectivity index (χ3n) is 1.20. The van der Waals surface area contributed by atoms with E-state index in [2.05, 4.69) is 10.2 Å². The average Bonchev–Trinajstić information content (AvgIpc) is 2.32. The summed E-state index contributed by atoms with van der Waals surface area (Å²) in [7, 11) is 0. The van der Waals surface area contributed by atoms with Gasteiger partial charge in [0.05, 0.1) is 0 Å². The van der Waals surface area contributed by atoms with Crippen LogP contribution in [0.5, 0.6) is 0 Å². The molecule has 61 valence electrons. The maximum atomic E-state index is 11.8. The van der Waals surface area contributed by atoms with Crippen LogP contribution in [0.1, 0.15) is 18.3 Å². The van der Waals surface area contributed by atoms with Crippen molar-refractivity contribution >= 4 is 0 Å². The standard InChI is InChI=1S/C6H6F3N2/c1-2-4-3-5(11-10-4)6(7,8)9/h2-3H,1H3,(H,10,11). The van der Waals surface area contributed by atoms with Crippen molar-refractivity contribution in [3.05, 3.63) is 23.9 Å². The number of aromatic nitrogens is 2. The van der Waals surface area contributed by atoms with Crippen LogP contribution in [0, 0.1) is 6.42 Å². The predicted octanol–water partition coefficient (Wildman–Crippen LogP) is 2.00. The molecule has 1 radical (unpaired) electrons. The normalized spacial score (nSPS) is 12.0. The van der Waals surface area contributed by atoms with Crippen molar-refractivity contribution in [2.24, 2.45) is 0 Å². The van der Waals surface area contributed by atoms with Gasteiger partial charge in [0, 0.05) is 12.1 Å². The molecule has 0 aromatic carbocycles. The Hall–Kier alpha value is -1.00. The van der Waals surface area contributed by atoms with Crippen LogP contribution in [0.3, 0.4) is 0 Å². The third-order valence-corrected chi connectivity index (χ3v) is 1.20. The number of nitrogens with one attached hydrogen (secondary N) is 1. The first-order valence-corrected chi connectivity index (χ1v) is 2.96. The summed E-state index contributed by atoms with van der Waals surface area (Å²) in [5.41, 5.74) is -0.511. The monoisotopic (exact) mass is 163 g/mol. The van der Waals surface area contributed by atoms with Crippen molar-refractivity contribution in [1.29, 1.82) is 0 Å². The second-order valence-corrected chi connectivity index (χ2v) is 1.99. The summed E-state index contributed by atoms with van der Waals surface area (Å²) in [6, 6.07) is 0.958. The lowest BCUT2D eigenvalue weighted by Crippen LogP contribution is -2.04. The minimum atomic E-state index is -4.35. The molecule has 1 heterocycles. The van der Waals surface area contributed by atoms with Gasteiger partial charge in [0.2, 0.25) is 0 Å². The van der Waals surface area contributed by atoms with Crippen LogP contribution >= 0.6 is 0 Å². The van der Waals surface area contributed by atoms with Crippen LogP contribution < -0.4 is 0 Å².